The molecule has 0 atom stereocenters. The quantitative estimate of drug-likeness (QED) is 0.876. The third-order valence-electron chi connectivity index (χ3n) is 4.23. The monoisotopic (exact) mass is 271 g/mol. The lowest BCUT2D eigenvalue weighted by Gasteiger charge is -2.33. The molecule has 1 heterocycles. The number of rotatable bonds is 2. The predicted octanol–water partition coefficient (Wildman–Crippen LogP) is 2.50. The molecule has 0 unspecified atom stereocenters. The molecule has 1 aliphatic carbocycles. The van der Waals surface area contributed by atoms with Crippen LogP contribution in [-0.2, 0) is 10.2 Å². The number of nitrogen functional groups attached to an aromatic ring is 1. The Morgan fingerprint density at radius 1 is 1.20 bits per heavy atom. The van der Waals surface area contributed by atoms with Crippen LogP contribution in [-0.4, -0.2) is 21.0 Å². The van der Waals surface area contributed by atoms with Crippen LogP contribution in [0.25, 0.3) is 11.0 Å². The van der Waals surface area contributed by atoms with Crippen molar-refractivity contribution >= 4 is 22.8 Å². The first kappa shape index (κ1) is 12.8. The number of carboxylic acid groups (broad SMARTS) is 1. The minimum atomic E-state index is -0.768. The van der Waals surface area contributed by atoms with Gasteiger partial charge in [-0.15, -0.1) is 0 Å². The van der Waals surface area contributed by atoms with Gasteiger partial charge in [-0.25, -0.2) is 4.98 Å². The van der Waals surface area contributed by atoms with Gasteiger partial charge in [0.15, 0.2) is 0 Å². The number of aromatic nitrogens is 2. The van der Waals surface area contributed by atoms with Gasteiger partial charge in [0.05, 0.1) is 22.6 Å². The zero-order valence-corrected chi connectivity index (χ0v) is 11.2. The molecule has 0 aliphatic heterocycles. The van der Waals surface area contributed by atoms with Gasteiger partial charge < -0.3 is 10.8 Å². The Bertz CT molecular complexity index is 663. The summed E-state index contributed by atoms with van der Waals surface area (Å²) < 4.78 is 0. The highest BCUT2D eigenvalue weighted by Gasteiger charge is 2.41. The van der Waals surface area contributed by atoms with E-state index >= 15 is 0 Å². The van der Waals surface area contributed by atoms with Gasteiger partial charge in [-0.2, -0.15) is 0 Å². The van der Waals surface area contributed by atoms with Crippen LogP contribution >= 0.6 is 0 Å². The lowest BCUT2D eigenvalue weighted by molar-refractivity contribution is -0.145. The van der Waals surface area contributed by atoms with Gasteiger partial charge in [-0.1, -0.05) is 25.3 Å². The molecule has 0 spiro atoms. The van der Waals surface area contributed by atoms with Crippen LogP contribution in [0.4, 0.5) is 5.82 Å². The normalized spacial score (nSPS) is 18.0. The first-order valence-electron chi connectivity index (χ1n) is 6.88. The van der Waals surface area contributed by atoms with Crippen molar-refractivity contribution in [2.24, 2.45) is 0 Å². The fourth-order valence-corrected chi connectivity index (χ4v) is 3.10. The molecule has 2 aromatic rings. The van der Waals surface area contributed by atoms with Crippen LogP contribution < -0.4 is 5.73 Å². The molecule has 1 aromatic heterocycles. The number of carboxylic acids is 1. The molecule has 5 nitrogen and oxygen atoms in total. The zero-order chi connectivity index (χ0) is 14.2. The number of aliphatic carboxylic acids is 1. The Hall–Kier alpha value is -2.17. The van der Waals surface area contributed by atoms with Gasteiger partial charge in [0.2, 0.25) is 0 Å². The minimum absolute atomic E-state index is 0.371. The molecule has 0 bridgehead atoms. The number of benzene rings is 1. The van der Waals surface area contributed by atoms with Crippen LogP contribution in [0.1, 0.15) is 37.7 Å². The molecule has 0 amide bonds. The molecule has 104 valence electrons. The third kappa shape index (κ3) is 1.99. The summed E-state index contributed by atoms with van der Waals surface area (Å²) in [5.41, 5.74) is 7.07. The fraction of sp³-hybridized carbons (Fsp3) is 0.400. The van der Waals surface area contributed by atoms with Crippen LogP contribution in [0, 0.1) is 0 Å². The SMILES string of the molecule is Nc1cnc2cc(C3(C(=O)O)CCCCC3)ccc2n1. The summed E-state index contributed by atoms with van der Waals surface area (Å²) in [5, 5.41) is 9.70. The number of carbonyl (C=O) groups is 1. The lowest BCUT2D eigenvalue weighted by atomic mass is 9.69. The Morgan fingerprint density at radius 2 is 1.95 bits per heavy atom. The number of nitrogens with two attached hydrogens (primary N) is 1. The highest BCUT2D eigenvalue weighted by Crippen LogP contribution is 2.40. The molecule has 1 aliphatic rings. The molecular weight excluding hydrogens is 254 g/mol. The Balaban J connectivity index is 2.11. The first-order valence-corrected chi connectivity index (χ1v) is 6.88. The number of hydrogen-bond donors (Lipinski definition) is 2. The van der Waals surface area contributed by atoms with E-state index in [0.29, 0.717) is 29.7 Å². The molecule has 3 N–H and O–H groups in total. The summed E-state index contributed by atoms with van der Waals surface area (Å²) in [6, 6.07) is 5.52. The molecule has 0 saturated heterocycles. The number of fused-ring (bicyclic) bond motifs is 1. The molecule has 1 aromatic carbocycles. The van der Waals surface area contributed by atoms with E-state index < -0.39 is 11.4 Å². The summed E-state index contributed by atoms with van der Waals surface area (Å²) >= 11 is 0. The summed E-state index contributed by atoms with van der Waals surface area (Å²) in [4.78, 5) is 20.3. The molecule has 1 fully saturated rings. The second-order valence-corrected chi connectivity index (χ2v) is 5.45. The van der Waals surface area contributed by atoms with Gasteiger partial charge in [-0.05, 0) is 30.5 Å². The van der Waals surface area contributed by atoms with Crippen LogP contribution in [0.5, 0.6) is 0 Å². The summed E-state index contributed by atoms with van der Waals surface area (Å²) in [6.45, 7) is 0. The predicted molar refractivity (Wildman–Crippen MR) is 76.3 cm³/mol. The van der Waals surface area contributed by atoms with Crippen LogP contribution in [0.2, 0.25) is 0 Å². The first-order chi connectivity index (χ1) is 9.62. The Labute approximate surface area is 116 Å². The van der Waals surface area contributed by atoms with Crippen LogP contribution in [0.15, 0.2) is 24.4 Å². The van der Waals surface area contributed by atoms with Crippen molar-refractivity contribution in [2.75, 3.05) is 5.73 Å². The van der Waals surface area contributed by atoms with Crippen molar-refractivity contribution in [3.8, 4) is 0 Å². The summed E-state index contributed by atoms with van der Waals surface area (Å²) in [6.07, 6.45) is 5.90. The van der Waals surface area contributed by atoms with Crippen molar-refractivity contribution in [1.29, 1.82) is 0 Å². The fourth-order valence-electron chi connectivity index (χ4n) is 3.10. The largest absolute Gasteiger partial charge is 0.481 e. The van der Waals surface area contributed by atoms with E-state index in [9.17, 15) is 9.90 Å². The maximum absolute atomic E-state index is 11.8. The van der Waals surface area contributed by atoms with Gasteiger partial charge >= 0.3 is 5.97 Å². The van der Waals surface area contributed by atoms with Gasteiger partial charge in [0.1, 0.15) is 5.82 Å². The van der Waals surface area contributed by atoms with E-state index in [2.05, 4.69) is 9.97 Å². The van der Waals surface area contributed by atoms with Gasteiger partial charge in [0, 0.05) is 0 Å². The van der Waals surface area contributed by atoms with Crippen molar-refractivity contribution in [3.63, 3.8) is 0 Å². The maximum atomic E-state index is 11.8. The van der Waals surface area contributed by atoms with E-state index in [1.807, 2.05) is 18.2 Å². The second kappa shape index (κ2) is 4.74. The van der Waals surface area contributed by atoms with Gasteiger partial charge in [0.25, 0.3) is 0 Å². The Morgan fingerprint density at radius 3 is 2.65 bits per heavy atom. The molecular formula is C15H17N3O2. The minimum Gasteiger partial charge on any atom is -0.481 e. The molecule has 5 heteroatoms. The average molecular weight is 271 g/mol. The second-order valence-electron chi connectivity index (χ2n) is 5.45. The van der Waals surface area contributed by atoms with Crippen molar-refractivity contribution in [3.05, 3.63) is 30.0 Å². The van der Waals surface area contributed by atoms with E-state index in [-0.39, 0.29) is 0 Å². The molecule has 0 radical (unpaired) electrons. The number of nitrogens with zero attached hydrogens (tertiary/aromatic N) is 2. The topological polar surface area (TPSA) is 89.1 Å². The van der Waals surface area contributed by atoms with E-state index in [1.54, 1.807) is 0 Å². The van der Waals surface area contributed by atoms with Crippen molar-refractivity contribution < 1.29 is 9.90 Å². The van der Waals surface area contributed by atoms with Crippen LogP contribution in [0.3, 0.4) is 0 Å². The van der Waals surface area contributed by atoms with E-state index in [1.165, 1.54) is 6.20 Å². The summed E-state index contributed by atoms with van der Waals surface area (Å²) in [7, 11) is 0. The number of hydrogen-bond acceptors (Lipinski definition) is 4. The van der Waals surface area contributed by atoms with E-state index in [0.717, 1.165) is 24.8 Å². The zero-order valence-electron chi connectivity index (χ0n) is 11.2. The molecule has 3 rings (SSSR count). The number of anilines is 1. The van der Waals surface area contributed by atoms with Crippen molar-refractivity contribution in [1.82, 2.24) is 9.97 Å². The highest BCUT2D eigenvalue weighted by molar-refractivity contribution is 5.84. The highest BCUT2D eigenvalue weighted by atomic mass is 16.4. The summed E-state index contributed by atoms with van der Waals surface area (Å²) in [5.74, 6) is -0.365. The Kier molecular flexibility index (Phi) is 3.04. The van der Waals surface area contributed by atoms with Crippen molar-refractivity contribution in [2.45, 2.75) is 37.5 Å². The lowest BCUT2D eigenvalue weighted by Crippen LogP contribution is -2.37. The van der Waals surface area contributed by atoms with E-state index in [4.69, 9.17) is 5.73 Å². The van der Waals surface area contributed by atoms with Gasteiger partial charge in [-0.3, -0.25) is 9.78 Å². The smallest absolute Gasteiger partial charge is 0.314 e. The standard InChI is InChI=1S/C15H17N3O2/c16-13-9-17-12-8-10(4-5-11(12)18-13)15(14(19)20)6-2-1-3-7-15/h4-5,8-9H,1-3,6-7H2,(H2,16,18)(H,19,20). The molecule has 20 heavy (non-hydrogen) atoms. The average Bonchev–Trinajstić information content (AvgIpc) is 2.47. The third-order valence-corrected chi connectivity index (χ3v) is 4.23. The molecule has 1 saturated carbocycles. The maximum Gasteiger partial charge on any atom is 0.314 e.